The molecule has 1 atom stereocenters. The monoisotopic (exact) mass is 231 g/mol. The van der Waals surface area contributed by atoms with Gasteiger partial charge >= 0.3 is 0 Å². The van der Waals surface area contributed by atoms with Crippen molar-refractivity contribution < 1.29 is 5.11 Å². The summed E-state index contributed by atoms with van der Waals surface area (Å²) in [6, 6.07) is 9.56. The van der Waals surface area contributed by atoms with Gasteiger partial charge in [-0.15, -0.1) is 0 Å². The third kappa shape index (κ3) is 2.96. The van der Waals surface area contributed by atoms with Crippen LogP contribution in [0.1, 0.15) is 18.0 Å². The number of nitrogens with zero attached hydrogens (tertiary/aromatic N) is 2. The zero-order valence-corrected chi connectivity index (χ0v) is 9.76. The van der Waals surface area contributed by atoms with Crippen LogP contribution in [0.4, 0.5) is 0 Å². The van der Waals surface area contributed by atoms with Gasteiger partial charge < -0.3 is 10.4 Å². The molecule has 4 heteroatoms. The number of nitriles is 1. The topological polar surface area (TPSA) is 59.3 Å². The molecule has 0 spiro atoms. The molecular formula is C13H17N3O. The third-order valence-corrected chi connectivity index (χ3v) is 3.15. The zero-order chi connectivity index (χ0) is 12.1. The smallest absolute Gasteiger partial charge is 0.115 e. The highest BCUT2D eigenvalue weighted by Gasteiger charge is 2.21. The van der Waals surface area contributed by atoms with Crippen LogP contribution in [0.3, 0.4) is 0 Å². The highest BCUT2D eigenvalue weighted by atomic mass is 16.3. The quantitative estimate of drug-likeness (QED) is 0.822. The lowest BCUT2D eigenvalue weighted by Gasteiger charge is -2.34. The zero-order valence-electron chi connectivity index (χ0n) is 9.76. The number of phenolic OH excluding ortho intramolecular Hbond substituents is 1. The molecule has 1 aliphatic rings. The summed E-state index contributed by atoms with van der Waals surface area (Å²) >= 11 is 0. The predicted molar refractivity (Wildman–Crippen MR) is 65.5 cm³/mol. The van der Waals surface area contributed by atoms with Gasteiger partial charge in [-0.05, 0) is 17.7 Å². The van der Waals surface area contributed by atoms with E-state index in [1.165, 1.54) is 0 Å². The molecule has 4 nitrogen and oxygen atoms in total. The molecule has 1 fully saturated rings. The average molecular weight is 231 g/mol. The average Bonchev–Trinajstić information content (AvgIpc) is 2.38. The van der Waals surface area contributed by atoms with Gasteiger partial charge in [-0.3, -0.25) is 4.90 Å². The number of piperazine rings is 1. The number of nitrogens with one attached hydrogen (secondary N) is 1. The summed E-state index contributed by atoms with van der Waals surface area (Å²) in [7, 11) is 0. The highest BCUT2D eigenvalue weighted by molar-refractivity contribution is 5.28. The van der Waals surface area contributed by atoms with Gasteiger partial charge in [0.15, 0.2) is 0 Å². The number of rotatable bonds is 3. The summed E-state index contributed by atoms with van der Waals surface area (Å²) in [5.74, 6) is 0.268. The lowest BCUT2D eigenvalue weighted by atomic mass is 10.0. The van der Waals surface area contributed by atoms with Gasteiger partial charge in [0.1, 0.15) is 5.75 Å². The van der Waals surface area contributed by atoms with E-state index in [-0.39, 0.29) is 11.8 Å². The second-order valence-corrected chi connectivity index (χ2v) is 4.26. The molecule has 0 aromatic heterocycles. The fourth-order valence-electron chi connectivity index (χ4n) is 2.23. The van der Waals surface area contributed by atoms with Gasteiger partial charge in [0.25, 0.3) is 0 Å². The van der Waals surface area contributed by atoms with Crippen molar-refractivity contribution in [2.75, 3.05) is 26.2 Å². The summed E-state index contributed by atoms with van der Waals surface area (Å²) in [5.41, 5.74) is 1.10. The lowest BCUT2D eigenvalue weighted by molar-refractivity contribution is 0.175. The molecule has 0 saturated carbocycles. The minimum atomic E-state index is 0.141. The Hall–Kier alpha value is -1.57. The molecule has 90 valence electrons. The van der Waals surface area contributed by atoms with Gasteiger partial charge in [0.2, 0.25) is 0 Å². The van der Waals surface area contributed by atoms with Crippen molar-refractivity contribution in [3.05, 3.63) is 29.8 Å². The van der Waals surface area contributed by atoms with Gasteiger partial charge in [0.05, 0.1) is 12.5 Å². The summed E-state index contributed by atoms with van der Waals surface area (Å²) in [4.78, 5) is 2.33. The maximum atomic E-state index is 9.29. The van der Waals surface area contributed by atoms with Crippen LogP contribution < -0.4 is 5.32 Å². The van der Waals surface area contributed by atoms with Gasteiger partial charge in [-0.2, -0.15) is 5.26 Å². The molecule has 0 radical (unpaired) electrons. The normalized spacial score (nSPS) is 18.5. The summed E-state index contributed by atoms with van der Waals surface area (Å²) < 4.78 is 0. The summed E-state index contributed by atoms with van der Waals surface area (Å²) in [5, 5.41) is 21.5. The molecule has 1 aliphatic heterocycles. The number of aromatic hydroxyl groups is 1. The third-order valence-electron chi connectivity index (χ3n) is 3.15. The van der Waals surface area contributed by atoms with Crippen molar-refractivity contribution in [2.45, 2.75) is 12.5 Å². The molecule has 0 bridgehead atoms. The van der Waals surface area contributed by atoms with Crippen molar-refractivity contribution >= 4 is 0 Å². The van der Waals surface area contributed by atoms with E-state index < -0.39 is 0 Å². The second-order valence-electron chi connectivity index (χ2n) is 4.26. The molecule has 1 saturated heterocycles. The van der Waals surface area contributed by atoms with Crippen LogP contribution in [-0.2, 0) is 0 Å². The predicted octanol–water partition coefficient (Wildman–Crippen LogP) is 1.25. The van der Waals surface area contributed by atoms with Crippen LogP contribution in [0.25, 0.3) is 0 Å². The first-order chi connectivity index (χ1) is 8.31. The van der Waals surface area contributed by atoms with E-state index in [0.29, 0.717) is 6.42 Å². The molecule has 2 rings (SSSR count). The fourth-order valence-corrected chi connectivity index (χ4v) is 2.23. The van der Waals surface area contributed by atoms with Crippen LogP contribution in [0.5, 0.6) is 5.75 Å². The van der Waals surface area contributed by atoms with Crippen molar-refractivity contribution in [1.82, 2.24) is 10.2 Å². The van der Waals surface area contributed by atoms with Gasteiger partial charge in [0, 0.05) is 32.2 Å². The van der Waals surface area contributed by atoms with E-state index in [9.17, 15) is 5.11 Å². The number of hydrogen-bond acceptors (Lipinski definition) is 4. The molecule has 0 unspecified atom stereocenters. The van der Waals surface area contributed by atoms with Crippen molar-refractivity contribution in [3.8, 4) is 11.8 Å². The van der Waals surface area contributed by atoms with Crippen LogP contribution in [-0.4, -0.2) is 36.2 Å². The Morgan fingerprint density at radius 1 is 1.29 bits per heavy atom. The Balaban J connectivity index is 2.15. The van der Waals surface area contributed by atoms with Crippen molar-refractivity contribution in [1.29, 1.82) is 5.26 Å². The highest BCUT2D eigenvalue weighted by Crippen LogP contribution is 2.25. The fraction of sp³-hybridized carbons (Fsp3) is 0.462. The Labute approximate surface area is 101 Å². The molecule has 0 amide bonds. The van der Waals surface area contributed by atoms with Crippen molar-refractivity contribution in [3.63, 3.8) is 0 Å². The molecule has 1 heterocycles. The van der Waals surface area contributed by atoms with Crippen LogP contribution >= 0.6 is 0 Å². The minimum absolute atomic E-state index is 0.141. The Morgan fingerprint density at radius 3 is 2.53 bits per heavy atom. The SMILES string of the molecule is N#CC[C@@H](c1ccc(O)cc1)N1CCNCC1. The maximum Gasteiger partial charge on any atom is 0.115 e. The number of hydrogen-bond donors (Lipinski definition) is 2. The van der Waals surface area contributed by atoms with E-state index in [2.05, 4.69) is 16.3 Å². The molecule has 2 N–H and O–H groups in total. The minimum Gasteiger partial charge on any atom is -0.508 e. The largest absolute Gasteiger partial charge is 0.508 e. The van der Waals surface area contributed by atoms with Crippen molar-refractivity contribution in [2.24, 2.45) is 0 Å². The first-order valence-corrected chi connectivity index (χ1v) is 5.92. The van der Waals surface area contributed by atoms with Crippen LogP contribution in [0.15, 0.2) is 24.3 Å². The van der Waals surface area contributed by atoms with Crippen LogP contribution in [0, 0.1) is 11.3 Å². The van der Waals surface area contributed by atoms with E-state index in [0.717, 1.165) is 31.7 Å². The lowest BCUT2D eigenvalue weighted by Crippen LogP contribution is -2.45. The second kappa shape index (κ2) is 5.67. The molecule has 0 aliphatic carbocycles. The van der Waals surface area contributed by atoms with E-state index in [4.69, 9.17) is 5.26 Å². The van der Waals surface area contributed by atoms with Gasteiger partial charge in [-0.25, -0.2) is 0 Å². The molecule has 1 aromatic rings. The molecule has 1 aromatic carbocycles. The van der Waals surface area contributed by atoms with E-state index in [1.54, 1.807) is 12.1 Å². The first-order valence-electron chi connectivity index (χ1n) is 5.92. The maximum absolute atomic E-state index is 9.29. The Bertz CT molecular complexity index is 390. The molecule has 17 heavy (non-hydrogen) atoms. The first kappa shape index (κ1) is 11.9. The Morgan fingerprint density at radius 2 is 1.94 bits per heavy atom. The van der Waals surface area contributed by atoms with E-state index in [1.807, 2.05) is 12.1 Å². The Kier molecular flexibility index (Phi) is 3.97. The summed E-state index contributed by atoms with van der Waals surface area (Å²) in [6.07, 6.45) is 0.491. The van der Waals surface area contributed by atoms with Gasteiger partial charge in [-0.1, -0.05) is 12.1 Å². The van der Waals surface area contributed by atoms with E-state index >= 15 is 0 Å². The number of phenols is 1. The summed E-state index contributed by atoms with van der Waals surface area (Å²) in [6.45, 7) is 3.88. The molecular weight excluding hydrogens is 214 g/mol. The standard InChI is InChI=1S/C13H17N3O/c14-6-5-13(16-9-7-15-8-10-16)11-1-3-12(17)4-2-11/h1-4,13,15,17H,5,7-10H2/t13-/m0/s1. The number of benzene rings is 1. The van der Waals surface area contributed by atoms with Crippen LogP contribution in [0.2, 0.25) is 0 Å².